The number of para-hydroxylation sites is 3. The number of carbonyl (C=O) groups is 1. The third-order valence-corrected chi connectivity index (χ3v) is 4.57. The minimum atomic E-state index is -0.436. The molecule has 154 valence electrons. The fourth-order valence-corrected chi connectivity index (χ4v) is 3.15. The van der Waals surface area contributed by atoms with Crippen LogP contribution in [-0.2, 0) is 4.79 Å². The monoisotopic (exact) mass is 413 g/mol. The van der Waals surface area contributed by atoms with Crippen LogP contribution in [0.2, 0.25) is 0 Å². The molecule has 0 radical (unpaired) electrons. The van der Waals surface area contributed by atoms with E-state index in [0.29, 0.717) is 33.8 Å². The van der Waals surface area contributed by atoms with Crippen molar-refractivity contribution in [3.8, 4) is 11.4 Å². The first-order valence-electron chi connectivity index (χ1n) is 9.42. The summed E-state index contributed by atoms with van der Waals surface area (Å²) in [5, 5.41) is 6.27. The van der Waals surface area contributed by atoms with Crippen LogP contribution in [0.15, 0.2) is 84.3 Å². The van der Waals surface area contributed by atoms with E-state index in [9.17, 15) is 9.59 Å². The summed E-state index contributed by atoms with van der Waals surface area (Å²) in [4.78, 5) is 33.8. The number of hydrogen-bond donors (Lipinski definition) is 2. The first kappa shape index (κ1) is 19.8. The van der Waals surface area contributed by atoms with Gasteiger partial charge in [-0.3, -0.25) is 14.2 Å². The van der Waals surface area contributed by atoms with Crippen molar-refractivity contribution in [2.75, 3.05) is 17.7 Å². The van der Waals surface area contributed by atoms with E-state index in [2.05, 4.69) is 27.2 Å². The summed E-state index contributed by atoms with van der Waals surface area (Å²) in [5.41, 5.74) is 1.61. The van der Waals surface area contributed by atoms with Gasteiger partial charge in [0.25, 0.3) is 5.56 Å². The first-order chi connectivity index (χ1) is 15.1. The van der Waals surface area contributed by atoms with E-state index in [4.69, 9.17) is 4.74 Å². The number of nitrogens with zero attached hydrogens (tertiary/aromatic N) is 3. The number of pyridine rings is 1. The molecule has 2 aromatic heterocycles. The number of aromatic nitrogens is 3. The number of amides is 1. The quantitative estimate of drug-likeness (QED) is 0.468. The molecule has 0 aliphatic heterocycles. The smallest absolute Gasteiger partial charge is 0.258 e. The van der Waals surface area contributed by atoms with Gasteiger partial charge < -0.3 is 15.4 Å². The molecule has 2 heterocycles. The summed E-state index contributed by atoms with van der Waals surface area (Å²) in [6.45, 7) is 3.45. The standard InChI is InChI=1S/C23H19N5O3/c1-3-20(29)25-18-13-21(30)28(15-9-5-4-6-10-15)22-16(18)14-24-23(27-22)26-17-11-7-8-12-19(17)31-2/h3-14H,1H2,2H3,(H,25,29)(H,24,26,27). The molecule has 4 aromatic rings. The van der Waals surface area contributed by atoms with E-state index in [-0.39, 0.29) is 11.5 Å². The fraction of sp³-hybridized carbons (Fsp3) is 0.0435. The van der Waals surface area contributed by atoms with Crippen molar-refractivity contribution in [3.05, 3.63) is 89.9 Å². The van der Waals surface area contributed by atoms with E-state index in [1.54, 1.807) is 25.4 Å². The zero-order chi connectivity index (χ0) is 21.8. The number of fused-ring (bicyclic) bond motifs is 1. The van der Waals surface area contributed by atoms with Gasteiger partial charge in [0.1, 0.15) is 5.75 Å². The summed E-state index contributed by atoms with van der Waals surface area (Å²) >= 11 is 0. The number of nitrogens with one attached hydrogen (secondary N) is 2. The SMILES string of the molecule is C=CC(=O)Nc1cc(=O)n(-c2ccccc2)c2nc(Nc3ccccc3OC)ncc12. The summed E-state index contributed by atoms with van der Waals surface area (Å²) in [6, 6.07) is 17.8. The molecule has 1 amide bonds. The van der Waals surface area contributed by atoms with E-state index in [1.807, 2.05) is 42.5 Å². The molecular weight excluding hydrogens is 394 g/mol. The first-order valence-corrected chi connectivity index (χ1v) is 9.42. The highest BCUT2D eigenvalue weighted by molar-refractivity contribution is 6.04. The van der Waals surface area contributed by atoms with Crippen molar-refractivity contribution in [2.24, 2.45) is 0 Å². The summed E-state index contributed by atoms with van der Waals surface area (Å²) in [7, 11) is 1.57. The van der Waals surface area contributed by atoms with Crippen molar-refractivity contribution in [1.82, 2.24) is 14.5 Å². The maximum absolute atomic E-state index is 13.0. The lowest BCUT2D eigenvalue weighted by Gasteiger charge is -2.15. The number of anilines is 3. The molecule has 0 spiro atoms. The average molecular weight is 413 g/mol. The Morgan fingerprint density at radius 3 is 2.58 bits per heavy atom. The van der Waals surface area contributed by atoms with E-state index in [0.717, 1.165) is 6.08 Å². The highest BCUT2D eigenvalue weighted by Gasteiger charge is 2.15. The number of rotatable bonds is 6. The lowest BCUT2D eigenvalue weighted by Crippen LogP contribution is -2.21. The summed E-state index contributed by atoms with van der Waals surface area (Å²) in [6.07, 6.45) is 2.69. The largest absolute Gasteiger partial charge is 0.495 e. The molecule has 31 heavy (non-hydrogen) atoms. The lowest BCUT2D eigenvalue weighted by atomic mass is 10.2. The molecule has 8 heteroatoms. The number of hydrogen-bond acceptors (Lipinski definition) is 6. The highest BCUT2D eigenvalue weighted by atomic mass is 16.5. The lowest BCUT2D eigenvalue weighted by molar-refractivity contribution is -0.111. The van der Waals surface area contributed by atoms with Crippen LogP contribution in [0, 0.1) is 0 Å². The van der Waals surface area contributed by atoms with Crippen LogP contribution in [-0.4, -0.2) is 27.6 Å². The third kappa shape index (κ3) is 3.99. The van der Waals surface area contributed by atoms with Crippen molar-refractivity contribution >= 4 is 34.3 Å². The van der Waals surface area contributed by atoms with Crippen molar-refractivity contribution in [1.29, 1.82) is 0 Å². The fourth-order valence-electron chi connectivity index (χ4n) is 3.15. The average Bonchev–Trinajstić information content (AvgIpc) is 2.80. The molecule has 0 aliphatic carbocycles. The van der Waals surface area contributed by atoms with Crippen LogP contribution in [0.3, 0.4) is 0 Å². The van der Waals surface area contributed by atoms with Gasteiger partial charge in [-0.2, -0.15) is 4.98 Å². The molecule has 0 unspecified atom stereocenters. The minimum absolute atomic E-state index is 0.272. The molecule has 0 fully saturated rings. The van der Waals surface area contributed by atoms with Crippen LogP contribution < -0.4 is 20.9 Å². The maximum Gasteiger partial charge on any atom is 0.258 e. The van der Waals surface area contributed by atoms with Gasteiger partial charge in [-0.1, -0.05) is 36.9 Å². The number of carbonyl (C=O) groups excluding carboxylic acids is 1. The number of methoxy groups -OCH3 is 1. The highest BCUT2D eigenvalue weighted by Crippen LogP contribution is 2.27. The Hall–Kier alpha value is -4.46. The maximum atomic E-state index is 13.0. The Kier molecular flexibility index (Phi) is 5.44. The molecule has 0 bridgehead atoms. The van der Waals surface area contributed by atoms with Crippen molar-refractivity contribution in [2.45, 2.75) is 0 Å². The van der Waals surface area contributed by atoms with Crippen LogP contribution in [0.4, 0.5) is 17.3 Å². The summed E-state index contributed by atoms with van der Waals surface area (Å²) < 4.78 is 6.83. The molecule has 4 rings (SSSR count). The molecule has 0 aliphatic rings. The molecule has 0 saturated carbocycles. The van der Waals surface area contributed by atoms with Gasteiger partial charge in [-0.15, -0.1) is 0 Å². The van der Waals surface area contributed by atoms with E-state index < -0.39 is 5.91 Å². The minimum Gasteiger partial charge on any atom is -0.495 e. The van der Waals surface area contributed by atoms with Crippen LogP contribution in [0.1, 0.15) is 0 Å². The van der Waals surface area contributed by atoms with Gasteiger partial charge in [-0.25, -0.2) is 4.98 Å². The van der Waals surface area contributed by atoms with Gasteiger partial charge >= 0.3 is 0 Å². The van der Waals surface area contributed by atoms with Gasteiger partial charge in [0.05, 0.1) is 29.6 Å². The Morgan fingerprint density at radius 1 is 1.10 bits per heavy atom. The second-order valence-electron chi connectivity index (χ2n) is 6.52. The molecule has 8 nitrogen and oxygen atoms in total. The van der Waals surface area contributed by atoms with Gasteiger partial charge in [0.15, 0.2) is 5.65 Å². The Labute approximate surface area is 177 Å². The zero-order valence-corrected chi connectivity index (χ0v) is 16.7. The third-order valence-electron chi connectivity index (χ3n) is 4.57. The topological polar surface area (TPSA) is 98.1 Å². The number of ether oxygens (including phenoxy) is 1. The Balaban J connectivity index is 1.91. The van der Waals surface area contributed by atoms with E-state index >= 15 is 0 Å². The van der Waals surface area contributed by atoms with Crippen molar-refractivity contribution in [3.63, 3.8) is 0 Å². The predicted octanol–water partition coefficient (Wildman–Crippen LogP) is 3.66. The number of benzene rings is 2. The van der Waals surface area contributed by atoms with Crippen LogP contribution in [0.25, 0.3) is 16.7 Å². The molecule has 2 N–H and O–H groups in total. The van der Waals surface area contributed by atoms with Crippen LogP contribution >= 0.6 is 0 Å². The second-order valence-corrected chi connectivity index (χ2v) is 6.52. The second kappa shape index (κ2) is 8.50. The molecule has 2 aromatic carbocycles. The van der Waals surface area contributed by atoms with Crippen LogP contribution in [0.5, 0.6) is 5.75 Å². The van der Waals surface area contributed by atoms with Gasteiger partial charge in [0.2, 0.25) is 11.9 Å². The van der Waals surface area contributed by atoms with E-state index in [1.165, 1.54) is 10.6 Å². The summed E-state index contributed by atoms with van der Waals surface area (Å²) in [5.74, 6) is 0.460. The van der Waals surface area contributed by atoms with Gasteiger partial charge in [-0.05, 0) is 30.3 Å². The zero-order valence-electron chi connectivity index (χ0n) is 16.7. The Morgan fingerprint density at radius 2 is 1.84 bits per heavy atom. The molecule has 0 saturated heterocycles. The molecule has 0 atom stereocenters. The van der Waals surface area contributed by atoms with Gasteiger partial charge in [0, 0.05) is 12.3 Å². The Bertz CT molecular complexity index is 1330. The predicted molar refractivity (Wildman–Crippen MR) is 120 cm³/mol. The normalized spacial score (nSPS) is 10.5. The molecular formula is C23H19N5O3. The van der Waals surface area contributed by atoms with Crippen molar-refractivity contribution < 1.29 is 9.53 Å².